The molecule has 2 N–H and O–H groups in total. The number of para-hydroxylation sites is 1. The molecular formula is C15H18N2O3S. The highest BCUT2D eigenvalue weighted by Gasteiger charge is 2.35. The summed E-state index contributed by atoms with van der Waals surface area (Å²) in [7, 11) is 0. The topological polar surface area (TPSA) is 69.6 Å². The zero-order chi connectivity index (χ0) is 14.8. The molecule has 0 spiro atoms. The lowest BCUT2D eigenvalue weighted by Crippen LogP contribution is -2.52. The van der Waals surface area contributed by atoms with Gasteiger partial charge in [-0.3, -0.25) is 9.59 Å². The number of nitrogens with one attached hydrogen (secondary N) is 1. The minimum absolute atomic E-state index is 0.0257. The number of rotatable bonds is 3. The molecule has 0 radical (unpaired) electrons. The van der Waals surface area contributed by atoms with E-state index in [4.69, 9.17) is 5.11 Å². The van der Waals surface area contributed by atoms with Crippen molar-refractivity contribution in [2.24, 2.45) is 0 Å². The van der Waals surface area contributed by atoms with E-state index >= 15 is 0 Å². The van der Waals surface area contributed by atoms with E-state index in [9.17, 15) is 9.59 Å². The molecule has 2 atom stereocenters. The average molecular weight is 306 g/mol. The second kappa shape index (κ2) is 5.97. The summed E-state index contributed by atoms with van der Waals surface area (Å²) in [5.74, 6) is 0.764. The Labute approximate surface area is 127 Å². The van der Waals surface area contributed by atoms with Crippen LogP contribution < -0.4 is 5.32 Å². The van der Waals surface area contributed by atoms with Gasteiger partial charge in [0.15, 0.2) is 0 Å². The normalized spacial score (nSPS) is 24.3. The highest BCUT2D eigenvalue weighted by Crippen LogP contribution is 2.28. The lowest BCUT2D eigenvalue weighted by atomic mass is 10.1. The third-order valence-electron chi connectivity index (χ3n) is 3.99. The number of hydrogen-bond donors (Lipinski definition) is 2. The Bertz CT molecular complexity index is 539. The minimum Gasteiger partial charge on any atom is -0.481 e. The fourth-order valence-corrected chi connectivity index (χ4v) is 4.02. The predicted molar refractivity (Wildman–Crippen MR) is 82.6 cm³/mol. The van der Waals surface area contributed by atoms with Crippen LogP contribution in [0.2, 0.25) is 0 Å². The van der Waals surface area contributed by atoms with Crippen LogP contribution in [0.25, 0.3) is 0 Å². The van der Waals surface area contributed by atoms with Crippen LogP contribution in [0, 0.1) is 0 Å². The van der Waals surface area contributed by atoms with Crippen LogP contribution >= 0.6 is 11.8 Å². The second-order valence-corrected chi connectivity index (χ2v) is 6.57. The minimum atomic E-state index is -0.844. The van der Waals surface area contributed by atoms with Crippen molar-refractivity contribution in [3.05, 3.63) is 29.8 Å². The average Bonchev–Trinajstić information content (AvgIpc) is 2.90. The molecular weight excluding hydrogens is 288 g/mol. The summed E-state index contributed by atoms with van der Waals surface area (Å²) < 4.78 is 0. The smallest absolute Gasteiger partial charge is 0.305 e. The molecule has 6 heteroatoms. The molecule has 1 saturated heterocycles. The van der Waals surface area contributed by atoms with E-state index in [1.165, 1.54) is 0 Å². The van der Waals surface area contributed by atoms with Gasteiger partial charge >= 0.3 is 5.97 Å². The van der Waals surface area contributed by atoms with Crippen LogP contribution in [0.3, 0.4) is 0 Å². The highest BCUT2D eigenvalue weighted by molar-refractivity contribution is 7.99. The van der Waals surface area contributed by atoms with Crippen LogP contribution in [-0.2, 0) is 16.0 Å². The predicted octanol–water partition coefficient (Wildman–Crippen LogP) is 1.44. The van der Waals surface area contributed by atoms with Crippen LogP contribution in [0.1, 0.15) is 12.0 Å². The van der Waals surface area contributed by atoms with E-state index in [0.717, 1.165) is 17.0 Å². The van der Waals surface area contributed by atoms with Crippen LogP contribution in [0.15, 0.2) is 24.3 Å². The summed E-state index contributed by atoms with van der Waals surface area (Å²) in [5.41, 5.74) is 2.16. The van der Waals surface area contributed by atoms with E-state index < -0.39 is 5.97 Å². The molecule has 0 aliphatic carbocycles. The van der Waals surface area contributed by atoms with Crippen molar-refractivity contribution in [1.82, 2.24) is 4.90 Å². The summed E-state index contributed by atoms with van der Waals surface area (Å²) in [6.45, 7) is 0.635. The number of nitrogens with zero attached hydrogens (tertiary/aromatic N) is 1. The maximum atomic E-state index is 12.7. The molecule has 1 fully saturated rings. The maximum Gasteiger partial charge on any atom is 0.305 e. The van der Waals surface area contributed by atoms with Crippen molar-refractivity contribution in [1.29, 1.82) is 0 Å². The van der Waals surface area contributed by atoms with Gasteiger partial charge in [0, 0.05) is 30.2 Å². The van der Waals surface area contributed by atoms with E-state index in [2.05, 4.69) is 5.32 Å². The Hall–Kier alpha value is -1.69. The Morgan fingerprint density at radius 3 is 2.95 bits per heavy atom. The van der Waals surface area contributed by atoms with Gasteiger partial charge in [0.25, 0.3) is 0 Å². The van der Waals surface area contributed by atoms with Crippen molar-refractivity contribution in [3.8, 4) is 0 Å². The molecule has 2 aliphatic heterocycles. The first-order valence-electron chi connectivity index (χ1n) is 7.09. The fraction of sp³-hybridized carbons (Fsp3) is 0.467. The zero-order valence-electron chi connectivity index (χ0n) is 11.6. The number of carboxylic acid groups (broad SMARTS) is 1. The summed E-state index contributed by atoms with van der Waals surface area (Å²) in [4.78, 5) is 25.5. The molecule has 1 aromatic rings. The third-order valence-corrected chi connectivity index (χ3v) is 5.08. The Balaban J connectivity index is 1.71. The first-order valence-corrected chi connectivity index (χ1v) is 8.25. The molecule has 3 rings (SSSR count). The monoisotopic (exact) mass is 306 g/mol. The molecule has 2 heterocycles. The third kappa shape index (κ3) is 3.00. The lowest BCUT2D eigenvalue weighted by Gasteiger charge is -2.36. The number of amides is 1. The summed E-state index contributed by atoms with van der Waals surface area (Å²) in [6.07, 6.45) is 0.705. The SMILES string of the molecule is O=C(O)CC1CSCCN1C(=O)C1Cc2ccccc2N1. The molecule has 0 aromatic heterocycles. The van der Waals surface area contributed by atoms with Gasteiger partial charge in [-0.2, -0.15) is 11.8 Å². The molecule has 21 heavy (non-hydrogen) atoms. The van der Waals surface area contributed by atoms with Gasteiger partial charge in [-0.15, -0.1) is 0 Å². The van der Waals surface area contributed by atoms with E-state index in [1.807, 2.05) is 24.3 Å². The van der Waals surface area contributed by atoms with Crippen LogP contribution in [0.5, 0.6) is 0 Å². The Morgan fingerprint density at radius 1 is 1.38 bits per heavy atom. The van der Waals surface area contributed by atoms with E-state index in [-0.39, 0.29) is 24.4 Å². The first kappa shape index (κ1) is 14.3. The van der Waals surface area contributed by atoms with Gasteiger partial charge in [-0.1, -0.05) is 18.2 Å². The number of fused-ring (bicyclic) bond motifs is 1. The van der Waals surface area contributed by atoms with Gasteiger partial charge in [0.1, 0.15) is 6.04 Å². The summed E-state index contributed by atoms with van der Waals surface area (Å²) >= 11 is 1.72. The molecule has 1 aromatic carbocycles. The van der Waals surface area contributed by atoms with Crippen molar-refractivity contribution >= 4 is 29.3 Å². The van der Waals surface area contributed by atoms with Crippen molar-refractivity contribution in [3.63, 3.8) is 0 Å². The number of benzene rings is 1. The van der Waals surface area contributed by atoms with E-state index in [1.54, 1.807) is 16.7 Å². The number of thioether (sulfide) groups is 1. The summed E-state index contributed by atoms with van der Waals surface area (Å²) in [5, 5.41) is 12.3. The van der Waals surface area contributed by atoms with Crippen molar-refractivity contribution < 1.29 is 14.7 Å². The number of carboxylic acids is 1. The molecule has 5 nitrogen and oxygen atoms in total. The van der Waals surface area contributed by atoms with Gasteiger partial charge in [-0.05, 0) is 11.6 Å². The summed E-state index contributed by atoms with van der Waals surface area (Å²) in [6, 6.07) is 7.46. The van der Waals surface area contributed by atoms with Gasteiger partial charge in [0.2, 0.25) is 5.91 Å². The van der Waals surface area contributed by atoms with Gasteiger partial charge in [0.05, 0.1) is 12.5 Å². The molecule has 2 unspecified atom stereocenters. The second-order valence-electron chi connectivity index (χ2n) is 5.42. The lowest BCUT2D eigenvalue weighted by molar-refractivity contribution is -0.140. The fourth-order valence-electron chi connectivity index (χ4n) is 2.96. The molecule has 2 aliphatic rings. The van der Waals surface area contributed by atoms with Crippen molar-refractivity contribution in [2.75, 3.05) is 23.4 Å². The first-order chi connectivity index (χ1) is 10.1. The molecule has 0 bridgehead atoms. The molecule has 112 valence electrons. The molecule has 0 saturated carbocycles. The zero-order valence-corrected chi connectivity index (χ0v) is 12.4. The number of hydrogen-bond acceptors (Lipinski definition) is 4. The van der Waals surface area contributed by atoms with E-state index in [0.29, 0.717) is 18.7 Å². The van der Waals surface area contributed by atoms with Crippen LogP contribution in [-0.4, -0.2) is 52.0 Å². The largest absolute Gasteiger partial charge is 0.481 e. The van der Waals surface area contributed by atoms with Gasteiger partial charge < -0.3 is 15.3 Å². The van der Waals surface area contributed by atoms with Crippen LogP contribution in [0.4, 0.5) is 5.69 Å². The maximum absolute atomic E-state index is 12.7. The van der Waals surface area contributed by atoms with Gasteiger partial charge in [-0.25, -0.2) is 0 Å². The molecule has 1 amide bonds. The quantitative estimate of drug-likeness (QED) is 0.884. The number of carbonyl (C=O) groups is 2. The number of anilines is 1. The number of aliphatic carboxylic acids is 1. The van der Waals surface area contributed by atoms with Crippen molar-refractivity contribution in [2.45, 2.75) is 24.9 Å². The highest BCUT2D eigenvalue weighted by atomic mass is 32.2. The Morgan fingerprint density at radius 2 is 2.19 bits per heavy atom. The standard InChI is InChI=1S/C15H18N2O3S/c18-14(19)8-11-9-21-6-5-17(11)15(20)13-7-10-3-1-2-4-12(10)16-13/h1-4,11,13,16H,5-9H2,(H,18,19). The number of carbonyl (C=O) groups excluding carboxylic acids is 1. The Kier molecular flexibility index (Phi) is 4.05.